The van der Waals surface area contributed by atoms with Gasteiger partial charge in [0.1, 0.15) is 0 Å². The maximum Gasteiger partial charge on any atom is 0.0456 e. The van der Waals surface area contributed by atoms with Crippen LogP contribution in [-0.4, -0.2) is 13.1 Å². The van der Waals surface area contributed by atoms with Gasteiger partial charge in [0.25, 0.3) is 0 Å². The molecule has 1 aromatic carbocycles. The van der Waals surface area contributed by atoms with E-state index in [9.17, 15) is 0 Å². The third-order valence-corrected chi connectivity index (χ3v) is 3.67. The van der Waals surface area contributed by atoms with Gasteiger partial charge in [-0.25, -0.2) is 0 Å². The van der Waals surface area contributed by atoms with Gasteiger partial charge < -0.3 is 5.32 Å². The number of nitrogens with one attached hydrogen (secondary N) is 1. The molecule has 1 fully saturated rings. The fraction of sp³-hybridized carbons (Fsp3) is 0.455. The van der Waals surface area contributed by atoms with Gasteiger partial charge in [-0.2, -0.15) is 0 Å². The van der Waals surface area contributed by atoms with Crippen LogP contribution in [0, 0.1) is 0 Å². The molecule has 3 heteroatoms. The predicted molar refractivity (Wildman–Crippen MR) is 61.3 cm³/mol. The smallest absolute Gasteiger partial charge is 0.0456 e. The van der Waals surface area contributed by atoms with Crippen molar-refractivity contribution < 1.29 is 0 Å². The summed E-state index contributed by atoms with van der Waals surface area (Å²) in [5.74, 6) is 0.487. The van der Waals surface area contributed by atoms with Gasteiger partial charge >= 0.3 is 0 Å². The Morgan fingerprint density at radius 2 is 1.86 bits per heavy atom. The first-order valence-electron chi connectivity index (χ1n) is 4.85. The third kappa shape index (κ3) is 1.65. The Hall–Kier alpha value is -0.240. The summed E-state index contributed by atoms with van der Waals surface area (Å²) in [5, 5.41) is 4.88. The van der Waals surface area contributed by atoms with Crippen molar-refractivity contribution in [1.82, 2.24) is 5.32 Å². The normalized spacial score (nSPS) is 25.9. The molecular weight excluding hydrogens is 217 g/mol. The van der Waals surface area contributed by atoms with E-state index in [1.807, 2.05) is 25.2 Å². The molecule has 1 saturated carbocycles. The predicted octanol–water partition coefficient (Wildman–Crippen LogP) is 3.46. The SMILES string of the molecule is CN[C@@H]1CC[C@@H]1c1c(Cl)cccc1Cl. The molecule has 14 heavy (non-hydrogen) atoms. The first-order chi connectivity index (χ1) is 6.74. The molecule has 76 valence electrons. The summed E-state index contributed by atoms with van der Waals surface area (Å²) in [6.07, 6.45) is 2.39. The zero-order valence-electron chi connectivity index (χ0n) is 8.06. The first kappa shape index (κ1) is 10.3. The highest BCUT2D eigenvalue weighted by Crippen LogP contribution is 2.43. The highest BCUT2D eigenvalue weighted by atomic mass is 35.5. The van der Waals surface area contributed by atoms with E-state index >= 15 is 0 Å². The lowest BCUT2D eigenvalue weighted by Gasteiger charge is -2.37. The quantitative estimate of drug-likeness (QED) is 0.820. The molecule has 1 N–H and O–H groups in total. The molecule has 2 rings (SSSR count). The molecule has 0 aromatic heterocycles. The van der Waals surface area contributed by atoms with E-state index in [0.717, 1.165) is 15.6 Å². The zero-order valence-corrected chi connectivity index (χ0v) is 9.57. The van der Waals surface area contributed by atoms with Gasteiger partial charge in [0.2, 0.25) is 0 Å². The van der Waals surface area contributed by atoms with Crippen LogP contribution < -0.4 is 5.32 Å². The number of hydrogen-bond donors (Lipinski definition) is 1. The van der Waals surface area contributed by atoms with Crippen molar-refractivity contribution in [3.63, 3.8) is 0 Å². The highest BCUT2D eigenvalue weighted by molar-refractivity contribution is 6.36. The van der Waals surface area contributed by atoms with Gasteiger partial charge in [0.15, 0.2) is 0 Å². The molecule has 0 heterocycles. The van der Waals surface area contributed by atoms with Crippen molar-refractivity contribution in [2.75, 3.05) is 7.05 Å². The zero-order chi connectivity index (χ0) is 10.1. The molecule has 0 amide bonds. The molecule has 0 bridgehead atoms. The molecule has 0 unspecified atom stereocenters. The molecule has 1 aromatic rings. The van der Waals surface area contributed by atoms with E-state index in [1.54, 1.807) is 0 Å². The average Bonchev–Trinajstić information content (AvgIpc) is 2.10. The van der Waals surface area contributed by atoms with Crippen LogP contribution in [0.4, 0.5) is 0 Å². The minimum absolute atomic E-state index is 0.487. The summed E-state index contributed by atoms with van der Waals surface area (Å²) in [4.78, 5) is 0. The number of halogens is 2. The molecule has 0 radical (unpaired) electrons. The van der Waals surface area contributed by atoms with Crippen molar-refractivity contribution in [2.45, 2.75) is 24.8 Å². The van der Waals surface area contributed by atoms with Gasteiger partial charge in [0.05, 0.1) is 0 Å². The van der Waals surface area contributed by atoms with E-state index in [-0.39, 0.29) is 0 Å². The molecule has 0 saturated heterocycles. The van der Waals surface area contributed by atoms with E-state index in [2.05, 4.69) is 5.32 Å². The Morgan fingerprint density at radius 3 is 2.29 bits per heavy atom. The van der Waals surface area contributed by atoms with Gasteiger partial charge in [-0.05, 0) is 37.6 Å². The molecule has 1 aliphatic rings. The van der Waals surface area contributed by atoms with E-state index in [4.69, 9.17) is 23.2 Å². The Balaban J connectivity index is 2.31. The fourth-order valence-corrected chi connectivity index (χ4v) is 2.73. The molecule has 2 atom stereocenters. The van der Waals surface area contributed by atoms with Crippen molar-refractivity contribution in [3.05, 3.63) is 33.8 Å². The maximum atomic E-state index is 6.15. The second-order valence-electron chi connectivity index (χ2n) is 3.71. The van der Waals surface area contributed by atoms with E-state index in [1.165, 1.54) is 12.8 Å². The van der Waals surface area contributed by atoms with Gasteiger partial charge in [-0.3, -0.25) is 0 Å². The van der Waals surface area contributed by atoms with Crippen LogP contribution in [0.25, 0.3) is 0 Å². The van der Waals surface area contributed by atoms with Gasteiger partial charge in [-0.15, -0.1) is 0 Å². The van der Waals surface area contributed by atoms with Crippen molar-refractivity contribution in [2.24, 2.45) is 0 Å². The minimum atomic E-state index is 0.487. The number of benzene rings is 1. The van der Waals surface area contributed by atoms with Crippen LogP contribution in [0.3, 0.4) is 0 Å². The molecule has 1 nitrogen and oxygen atoms in total. The molecule has 0 aliphatic heterocycles. The summed E-state index contributed by atoms with van der Waals surface area (Å²) in [7, 11) is 1.99. The number of hydrogen-bond acceptors (Lipinski definition) is 1. The Kier molecular flexibility index (Phi) is 3.01. The van der Waals surface area contributed by atoms with E-state index < -0.39 is 0 Å². The standard InChI is InChI=1S/C11H13Cl2N/c1-14-10-6-5-7(10)11-8(12)3-2-4-9(11)13/h2-4,7,10,14H,5-6H2,1H3/t7-,10+/m0/s1. The first-order valence-corrected chi connectivity index (χ1v) is 5.61. The maximum absolute atomic E-state index is 6.15. The van der Waals surface area contributed by atoms with Crippen LogP contribution in [0.2, 0.25) is 10.0 Å². The Bertz CT molecular complexity index is 316. The second-order valence-corrected chi connectivity index (χ2v) is 4.53. The monoisotopic (exact) mass is 229 g/mol. The largest absolute Gasteiger partial charge is 0.316 e. The number of likely N-dealkylation sites (N-methyl/N-ethyl adjacent to an activating group) is 1. The van der Waals surface area contributed by atoms with Crippen LogP contribution in [0.5, 0.6) is 0 Å². The summed E-state index contributed by atoms with van der Waals surface area (Å²) in [6, 6.07) is 6.25. The summed E-state index contributed by atoms with van der Waals surface area (Å²) < 4.78 is 0. The Labute approximate surface area is 94.4 Å². The van der Waals surface area contributed by atoms with Crippen molar-refractivity contribution in [1.29, 1.82) is 0 Å². The van der Waals surface area contributed by atoms with Gasteiger partial charge in [0, 0.05) is 22.0 Å². The second kappa shape index (κ2) is 4.09. The van der Waals surface area contributed by atoms with Crippen LogP contribution in [0.15, 0.2) is 18.2 Å². The third-order valence-electron chi connectivity index (χ3n) is 3.02. The lowest BCUT2D eigenvalue weighted by molar-refractivity contribution is 0.301. The van der Waals surface area contributed by atoms with Crippen LogP contribution in [-0.2, 0) is 0 Å². The van der Waals surface area contributed by atoms with E-state index in [0.29, 0.717) is 12.0 Å². The Morgan fingerprint density at radius 1 is 1.21 bits per heavy atom. The fourth-order valence-electron chi connectivity index (χ4n) is 2.06. The van der Waals surface area contributed by atoms with Crippen molar-refractivity contribution in [3.8, 4) is 0 Å². The topological polar surface area (TPSA) is 12.0 Å². The summed E-state index contributed by atoms with van der Waals surface area (Å²) in [5.41, 5.74) is 1.11. The van der Waals surface area contributed by atoms with Crippen LogP contribution >= 0.6 is 23.2 Å². The van der Waals surface area contributed by atoms with Crippen molar-refractivity contribution >= 4 is 23.2 Å². The summed E-state index contributed by atoms with van der Waals surface area (Å²) in [6.45, 7) is 0. The lowest BCUT2D eigenvalue weighted by Crippen LogP contribution is -2.40. The highest BCUT2D eigenvalue weighted by Gasteiger charge is 2.33. The molecular formula is C11H13Cl2N. The molecule has 1 aliphatic carbocycles. The number of rotatable bonds is 2. The average molecular weight is 230 g/mol. The lowest BCUT2D eigenvalue weighted by atomic mass is 9.75. The van der Waals surface area contributed by atoms with Gasteiger partial charge in [-0.1, -0.05) is 29.3 Å². The minimum Gasteiger partial charge on any atom is -0.316 e. The van der Waals surface area contributed by atoms with Crippen LogP contribution in [0.1, 0.15) is 24.3 Å². The summed E-state index contributed by atoms with van der Waals surface area (Å²) >= 11 is 12.3. The molecule has 0 spiro atoms.